The molecule has 1 aromatic rings. The molecule has 0 radical (unpaired) electrons. The first-order chi connectivity index (χ1) is 9.99. The number of rotatable bonds is 8. The van der Waals surface area contributed by atoms with Crippen LogP contribution in [-0.4, -0.2) is 25.1 Å². The number of amides is 1. The molecule has 0 aromatic heterocycles. The van der Waals surface area contributed by atoms with Crippen LogP contribution in [0.4, 0.5) is 0 Å². The van der Waals surface area contributed by atoms with E-state index in [4.69, 9.17) is 4.74 Å². The first-order valence-corrected chi connectivity index (χ1v) is 8.70. The molecule has 1 rings (SSSR count). The Morgan fingerprint density at radius 3 is 2.43 bits per heavy atom. The smallest absolute Gasteiger partial charge is 0.236 e. The molecule has 1 aromatic carbocycles. The van der Waals surface area contributed by atoms with E-state index in [1.165, 1.54) is 0 Å². The van der Waals surface area contributed by atoms with Crippen LogP contribution in [0.15, 0.2) is 21.1 Å². The average molecular weight is 422 g/mol. The zero-order valence-electron chi connectivity index (χ0n) is 12.6. The van der Waals surface area contributed by atoms with E-state index < -0.39 is 0 Å². The Morgan fingerprint density at radius 1 is 1.29 bits per heavy atom. The SMILES string of the molecule is CCCNC(=O)C(C)NCc1cc(Br)c(OCC)c(Br)c1. The highest BCUT2D eigenvalue weighted by Crippen LogP contribution is 2.34. The van der Waals surface area contributed by atoms with Gasteiger partial charge in [-0.15, -0.1) is 0 Å². The second-order valence-electron chi connectivity index (χ2n) is 4.72. The molecule has 0 bridgehead atoms. The van der Waals surface area contributed by atoms with Crippen LogP contribution in [0.1, 0.15) is 32.8 Å². The Labute approximate surface area is 143 Å². The Hall–Kier alpha value is -0.590. The van der Waals surface area contributed by atoms with Gasteiger partial charge in [-0.05, 0) is 69.8 Å². The maximum absolute atomic E-state index is 11.8. The van der Waals surface area contributed by atoms with E-state index in [0.29, 0.717) is 19.7 Å². The summed E-state index contributed by atoms with van der Waals surface area (Å²) in [7, 11) is 0. The molecule has 0 aliphatic heterocycles. The molecule has 0 aliphatic rings. The fourth-order valence-electron chi connectivity index (χ4n) is 1.76. The summed E-state index contributed by atoms with van der Waals surface area (Å²) in [5, 5.41) is 6.10. The molecular weight excluding hydrogens is 400 g/mol. The highest BCUT2D eigenvalue weighted by Gasteiger charge is 2.13. The number of hydrogen-bond acceptors (Lipinski definition) is 3. The Morgan fingerprint density at radius 2 is 1.90 bits per heavy atom. The minimum atomic E-state index is -0.222. The van der Waals surface area contributed by atoms with Gasteiger partial charge in [0, 0.05) is 13.1 Å². The lowest BCUT2D eigenvalue weighted by Gasteiger charge is -2.15. The maximum atomic E-state index is 11.8. The van der Waals surface area contributed by atoms with Crippen LogP contribution in [0.2, 0.25) is 0 Å². The third kappa shape index (κ3) is 5.96. The van der Waals surface area contributed by atoms with Gasteiger partial charge in [0.05, 0.1) is 21.6 Å². The van der Waals surface area contributed by atoms with Gasteiger partial charge >= 0.3 is 0 Å². The van der Waals surface area contributed by atoms with Crippen molar-refractivity contribution in [3.63, 3.8) is 0 Å². The predicted molar refractivity (Wildman–Crippen MR) is 92.6 cm³/mol. The molecular formula is C15H22Br2N2O2. The van der Waals surface area contributed by atoms with E-state index in [2.05, 4.69) is 42.5 Å². The first kappa shape index (κ1) is 18.5. The summed E-state index contributed by atoms with van der Waals surface area (Å²) in [5.41, 5.74) is 1.08. The molecule has 4 nitrogen and oxygen atoms in total. The fourth-order valence-corrected chi connectivity index (χ4v) is 3.27. The number of benzene rings is 1. The van der Waals surface area contributed by atoms with Crippen molar-refractivity contribution in [2.75, 3.05) is 13.2 Å². The van der Waals surface area contributed by atoms with Crippen LogP contribution in [0.3, 0.4) is 0 Å². The molecule has 1 unspecified atom stereocenters. The molecule has 118 valence electrons. The van der Waals surface area contributed by atoms with Gasteiger partial charge in [-0.3, -0.25) is 4.79 Å². The number of hydrogen-bond donors (Lipinski definition) is 2. The Kier molecular flexibility index (Phi) is 8.29. The zero-order chi connectivity index (χ0) is 15.8. The van der Waals surface area contributed by atoms with Gasteiger partial charge in [0.15, 0.2) is 0 Å². The lowest BCUT2D eigenvalue weighted by molar-refractivity contribution is -0.122. The molecule has 1 atom stereocenters. The zero-order valence-corrected chi connectivity index (χ0v) is 15.8. The van der Waals surface area contributed by atoms with Crippen LogP contribution in [0.25, 0.3) is 0 Å². The third-order valence-electron chi connectivity index (χ3n) is 2.90. The van der Waals surface area contributed by atoms with Crippen LogP contribution >= 0.6 is 31.9 Å². The summed E-state index contributed by atoms with van der Waals surface area (Å²) >= 11 is 7.01. The van der Waals surface area contributed by atoms with Crippen molar-refractivity contribution in [3.8, 4) is 5.75 Å². The minimum absolute atomic E-state index is 0.0286. The molecule has 6 heteroatoms. The topological polar surface area (TPSA) is 50.4 Å². The van der Waals surface area contributed by atoms with Crippen molar-refractivity contribution < 1.29 is 9.53 Å². The summed E-state index contributed by atoms with van der Waals surface area (Å²) < 4.78 is 7.36. The minimum Gasteiger partial charge on any atom is -0.492 e. The van der Waals surface area contributed by atoms with Crippen molar-refractivity contribution in [1.29, 1.82) is 0 Å². The summed E-state index contributed by atoms with van der Waals surface area (Å²) in [4.78, 5) is 11.8. The van der Waals surface area contributed by atoms with Crippen molar-refractivity contribution in [2.45, 2.75) is 39.8 Å². The number of carbonyl (C=O) groups is 1. The van der Waals surface area contributed by atoms with Crippen LogP contribution < -0.4 is 15.4 Å². The van der Waals surface area contributed by atoms with E-state index in [1.54, 1.807) is 0 Å². The average Bonchev–Trinajstić information content (AvgIpc) is 2.45. The quantitative estimate of drug-likeness (QED) is 0.673. The molecule has 21 heavy (non-hydrogen) atoms. The Balaban J connectivity index is 2.61. The molecule has 0 aliphatic carbocycles. The van der Waals surface area contributed by atoms with E-state index in [-0.39, 0.29) is 11.9 Å². The second-order valence-corrected chi connectivity index (χ2v) is 6.42. The lowest BCUT2D eigenvalue weighted by atomic mass is 10.2. The van der Waals surface area contributed by atoms with E-state index in [1.807, 2.05) is 32.9 Å². The standard InChI is InChI=1S/C15H22Br2N2O2/c1-4-6-18-15(20)10(3)19-9-11-7-12(16)14(21-5-2)13(17)8-11/h7-8,10,19H,4-6,9H2,1-3H3,(H,18,20). The highest BCUT2D eigenvalue weighted by atomic mass is 79.9. The molecule has 0 saturated heterocycles. The van der Waals surface area contributed by atoms with Crippen molar-refractivity contribution >= 4 is 37.8 Å². The number of ether oxygens (including phenoxy) is 1. The fraction of sp³-hybridized carbons (Fsp3) is 0.533. The molecule has 0 heterocycles. The molecule has 2 N–H and O–H groups in total. The summed E-state index contributed by atoms with van der Waals surface area (Å²) in [5.74, 6) is 0.830. The highest BCUT2D eigenvalue weighted by molar-refractivity contribution is 9.11. The maximum Gasteiger partial charge on any atom is 0.236 e. The number of nitrogens with one attached hydrogen (secondary N) is 2. The van der Waals surface area contributed by atoms with Crippen molar-refractivity contribution in [1.82, 2.24) is 10.6 Å². The van der Waals surface area contributed by atoms with Crippen LogP contribution in [0, 0.1) is 0 Å². The lowest BCUT2D eigenvalue weighted by Crippen LogP contribution is -2.42. The second kappa shape index (κ2) is 9.43. The predicted octanol–water partition coefficient (Wildman–Crippen LogP) is 3.61. The molecule has 1 amide bonds. The van der Waals surface area contributed by atoms with E-state index in [0.717, 1.165) is 26.7 Å². The third-order valence-corrected chi connectivity index (χ3v) is 4.08. The summed E-state index contributed by atoms with van der Waals surface area (Å²) in [6, 6.07) is 3.78. The normalized spacial score (nSPS) is 12.0. The van der Waals surface area contributed by atoms with Gasteiger partial charge in [-0.1, -0.05) is 6.92 Å². The largest absolute Gasteiger partial charge is 0.492 e. The van der Waals surface area contributed by atoms with E-state index >= 15 is 0 Å². The van der Waals surface area contributed by atoms with Gasteiger partial charge < -0.3 is 15.4 Å². The van der Waals surface area contributed by atoms with Gasteiger partial charge in [-0.2, -0.15) is 0 Å². The van der Waals surface area contributed by atoms with Crippen LogP contribution in [-0.2, 0) is 11.3 Å². The van der Waals surface area contributed by atoms with Crippen molar-refractivity contribution in [3.05, 3.63) is 26.6 Å². The van der Waals surface area contributed by atoms with E-state index in [9.17, 15) is 4.79 Å². The van der Waals surface area contributed by atoms with Crippen molar-refractivity contribution in [2.24, 2.45) is 0 Å². The van der Waals surface area contributed by atoms with Gasteiger partial charge in [0.1, 0.15) is 5.75 Å². The number of carbonyl (C=O) groups excluding carboxylic acids is 1. The van der Waals surface area contributed by atoms with Gasteiger partial charge in [0.25, 0.3) is 0 Å². The summed E-state index contributed by atoms with van der Waals surface area (Å²) in [6.07, 6.45) is 0.942. The van der Waals surface area contributed by atoms with Gasteiger partial charge in [-0.25, -0.2) is 0 Å². The molecule has 0 spiro atoms. The number of halogens is 2. The summed E-state index contributed by atoms with van der Waals surface area (Å²) in [6.45, 7) is 7.79. The monoisotopic (exact) mass is 420 g/mol. The molecule has 0 saturated carbocycles. The molecule has 0 fully saturated rings. The van der Waals surface area contributed by atoms with Gasteiger partial charge in [0.2, 0.25) is 5.91 Å². The first-order valence-electron chi connectivity index (χ1n) is 7.11. The van der Waals surface area contributed by atoms with Crippen LogP contribution in [0.5, 0.6) is 5.75 Å². The Bertz CT molecular complexity index is 458.